The van der Waals surface area contributed by atoms with Gasteiger partial charge in [0.15, 0.2) is 0 Å². The quantitative estimate of drug-likeness (QED) is 0.876. The molecule has 0 aromatic carbocycles. The predicted molar refractivity (Wildman–Crippen MR) is 73.3 cm³/mol. The molecule has 1 unspecified atom stereocenters. The van der Waals surface area contributed by atoms with Gasteiger partial charge in [0, 0.05) is 11.3 Å². The molecule has 1 amide bonds. The van der Waals surface area contributed by atoms with E-state index in [2.05, 4.69) is 10.3 Å². The van der Waals surface area contributed by atoms with Crippen molar-refractivity contribution < 1.29 is 4.79 Å². The number of hydrogen-bond acceptors (Lipinski definition) is 4. The van der Waals surface area contributed by atoms with E-state index in [1.54, 1.807) is 11.3 Å². The molecule has 4 nitrogen and oxygen atoms in total. The van der Waals surface area contributed by atoms with Crippen molar-refractivity contribution in [2.24, 2.45) is 17.6 Å². The number of nitrogens with zero attached hydrogens (tertiary/aromatic N) is 1. The summed E-state index contributed by atoms with van der Waals surface area (Å²) >= 11 is 1.61. The molecule has 2 rings (SSSR count). The molecule has 0 spiro atoms. The minimum absolute atomic E-state index is 0.0125. The highest BCUT2D eigenvalue weighted by molar-refractivity contribution is 7.09. The number of rotatable bonds is 4. The SMILES string of the molecule is Cc1nc(C(C)NC(=O)[C@@H]2CCC[C@@H]2CN)cs1. The van der Waals surface area contributed by atoms with Crippen LogP contribution < -0.4 is 11.1 Å². The molecule has 1 aromatic heterocycles. The third-order valence-electron chi connectivity index (χ3n) is 3.74. The summed E-state index contributed by atoms with van der Waals surface area (Å²) in [5.41, 5.74) is 6.67. The van der Waals surface area contributed by atoms with Gasteiger partial charge in [-0.25, -0.2) is 4.98 Å². The summed E-state index contributed by atoms with van der Waals surface area (Å²) in [4.78, 5) is 16.6. The van der Waals surface area contributed by atoms with E-state index in [4.69, 9.17) is 5.73 Å². The van der Waals surface area contributed by atoms with Gasteiger partial charge < -0.3 is 11.1 Å². The van der Waals surface area contributed by atoms with Gasteiger partial charge in [0.2, 0.25) is 5.91 Å². The zero-order chi connectivity index (χ0) is 13.1. The lowest BCUT2D eigenvalue weighted by atomic mass is 9.95. The molecule has 1 aromatic rings. The summed E-state index contributed by atoms with van der Waals surface area (Å²) in [5.74, 6) is 0.590. The molecule has 0 aliphatic heterocycles. The van der Waals surface area contributed by atoms with Crippen LogP contribution >= 0.6 is 11.3 Å². The Hall–Kier alpha value is -0.940. The summed E-state index contributed by atoms with van der Waals surface area (Å²) in [5, 5.41) is 6.11. The second-order valence-corrected chi connectivity index (χ2v) is 6.12. The van der Waals surface area contributed by atoms with Crippen molar-refractivity contribution in [2.45, 2.75) is 39.2 Å². The molecule has 0 radical (unpaired) electrons. The summed E-state index contributed by atoms with van der Waals surface area (Å²) in [7, 11) is 0. The van der Waals surface area contributed by atoms with Crippen LogP contribution in [-0.2, 0) is 4.79 Å². The zero-order valence-electron chi connectivity index (χ0n) is 11.0. The van der Waals surface area contributed by atoms with Crippen molar-refractivity contribution >= 4 is 17.2 Å². The van der Waals surface area contributed by atoms with Crippen molar-refractivity contribution in [3.8, 4) is 0 Å². The molecule has 1 saturated carbocycles. The van der Waals surface area contributed by atoms with Crippen molar-refractivity contribution in [1.29, 1.82) is 0 Å². The topological polar surface area (TPSA) is 68.0 Å². The molecule has 0 saturated heterocycles. The number of carbonyl (C=O) groups is 1. The van der Waals surface area contributed by atoms with E-state index >= 15 is 0 Å². The second-order valence-electron chi connectivity index (χ2n) is 5.05. The zero-order valence-corrected chi connectivity index (χ0v) is 11.8. The normalized spacial score (nSPS) is 25.1. The van der Waals surface area contributed by atoms with Gasteiger partial charge in [0.25, 0.3) is 0 Å². The predicted octanol–water partition coefficient (Wildman–Crippen LogP) is 2.00. The molecule has 18 heavy (non-hydrogen) atoms. The lowest BCUT2D eigenvalue weighted by Gasteiger charge is -2.20. The molecule has 100 valence electrons. The summed E-state index contributed by atoms with van der Waals surface area (Å²) in [6, 6.07) is -0.0125. The molecule has 3 atom stereocenters. The second kappa shape index (κ2) is 5.80. The number of aryl methyl sites for hydroxylation is 1. The first kappa shape index (κ1) is 13.5. The van der Waals surface area contributed by atoms with Gasteiger partial charge in [-0.1, -0.05) is 6.42 Å². The van der Waals surface area contributed by atoms with Gasteiger partial charge >= 0.3 is 0 Å². The van der Waals surface area contributed by atoms with E-state index in [9.17, 15) is 4.79 Å². The number of amides is 1. The Balaban J connectivity index is 1.94. The Labute approximate surface area is 112 Å². The largest absolute Gasteiger partial charge is 0.348 e. The number of thiazole rings is 1. The van der Waals surface area contributed by atoms with Crippen LogP contribution in [0.25, 0.3) is 0 Å². The molecule has 1 aliphatic carbocycles. The van der Waals surface area contributed by atoms with Crippen molar-refractivity contribution in [3.63, 3.8) is 0 Å². The summed E-state index contributed by atoms with van der Waals surface area (Å²) in [6.07, 6.45) is 3.17. The van der Waals surface area contributed by atoms with Crippen LogP contribution in [0.15, 0.2) is 5.38 Å². The highest BCUT2D eigenvalue weighted by Gasteiger charge is 2.32. The number of aromatic nitrogens is 1. The Bertz CT molecular complexity index is 418. The standard InChI is InChI=1S/C13H21N3OS/c1-8(12-7-18-9(2)16-12)15-13(17)11-5-3-4-10(11)6-14/h7-8,10-11H,3-6,14H2,1-2H3,(H,15,17)/t8?,10-,11-/m1/s1. The minimum atomic E-state index is -0.0125. The summed E-state index contributed by atoms with van der Waals surface area (Å²) in [6.45, 7) is 4.57. The lowest BCUT2D eigenvalue weighted by Crippen LogP contribution is -2.36. The molecule has 1 fully saturated rings. The Morgan fingerprint density at radius 1 is 1.67 bits per heavy atom. The average molecular weight is 267 g/mol. The monoisotopic (exact) mass is 267 g/mol. The maximum Gasteiger partial charge on any atom is 0.223 e. The highest BCUT2D eigenvalue weighted by Crippen LogP contribution is 2.31. The number of nitrogens with two attached hydrogens (primary N) is 1. The van der Waals surface area contributed by atoms with Crippen LogP contribution in [0.1, 0.15) is 42.9 Å². The third kappa shape index (κ3) is 2.90. The minimum Gasteiger partial charge on any atom is -0.348 e. The summed E-state index contributed by atoms with van der Waals surface area (Å²) < 4.78 is 0. The van der Waals surface area contributed by atoms with Crippen molar-refractivity contribution in [3.05, 3.63) is 16.1 Å². The van der Waals surface area contributed by atoms with E-state index in [0.29, 0.717) is 12.5 Å². The Morgan fingerprint density at radius 3 is 3.06 bits per heavy atom. The van der Waals surface area contributed by atoms with Crippen LogP contribution in [0.2, 0.25) is 0 Å². The van der Waals surface area contributed by atoms with Gasteiger partial charge in [0.05, 0.1) is 16.7 Å². The smallest absolute Gasteiger partial charge is 0.223 e. The molecule has 5 heteroatoms. The maximum absolute atomic E-state index is 12.2. The van der Waals surface area contributed by atoms with E-state index in [1.807, 2.05) is 19.2 Å². The van der Waals surface area contributed by atoms with Gasteiger partial charge in [-0.3, -0.25) is 4.79 Å². The number of nitrogens with one attached hydrogen (secondary N) is 1. The Morgan fingerprint density at radius 2 is 2.44 bits per heavy atom. The van der Waals surface area contributed by atoms with E-state index < -0.39 is 0 Å². The fourth-order valence-corrected chi connectivity index (χ4v) is 3.34. The number of hydrogen-bond donors (Lipinski definition) is 2. The first-order chi connectivity index (χ1) is 8.61. The number of carbonyl (C=O) groups excluding carboxylic acids is 1. The average Bonchev–Trinajstić information content (AvgIpc) is 2.96. The fraction of sp³-hybridized carbons (Fsp3) is 0.692. The van der Waals surface area contributed by atoms with E-state index in [1.165, 1.54) is 0 Å². The fourth-order valence-electron chi connectivity index (χ4n) is 2.64. The molecule has 3 N–H and O–H groups in total. The van der Waals surface area contributed by atoms with Crippen LogP contribution in [0.5, 0.6) is 0 Å². The van der Waals surface area contributed by atoms with E-state index in [0.717, 1.165) is 30.0 Å². The highest BCUT2D eigenvalue weighted by atomic mass is 32.1. The first-order valence-corrected chi connectivity index (χ1v) is 7.42. The molecule has 1 aliphatic rings. The Kier molecular flexibility index (Phi) is 4.35. The van der Waals surface area contributed by atoms with Crippen LogP contribution in [-0.4, -0.2) is 17.4 Å². The van der Waals surface area contributed by atoms with Crippen LogP contribution in [0, 0.1) is 18.8 Å². The van der Waals surface area contributed by atoms with Gasteiger partial charge in [0.1, 0.15) is 0 Å². The van der Waals surface area contributed by atoms with Crippen LogP contribution in [0.3, 0.4) is 0 Å². The van der Waals surface area contributed by atoms with Gasteiger partial charge in [-0.15, -0.1) is 11.3 Å². The third-order valence-corrected chi connectivity index (χ3v) is 4.53. The maximum atomic E-state index is 12.2. The van der Waals surface area contributed by atoms with E-state index in [-0.39, 0.29) is 17.9 Å². The van der Waals surface area contributed by atoms with Crippen LogP contribution in [0.4, 0.5) is 0 Å². The molecular formula is C13H21N3OS. The van der Waals surface area contributed by atoms with Crippen molar-refractivity contribution in [1.82, 2.24) is 10.3 Å². The first-order valence-electron chi connectivity index (χ1n) is 6.54. The van der Waals surface area contributed by atoms with Crippen molar-refractivity contribution in [2.75, 3.05) is 6.54 Å². The molecule has 1 heterocycles. The lowest BCUT2D eigenvalue weighted by molar-refractivity contribution is -0.126. The molecule has 0 bridgehead atoms. The molecular weight excluding hydrogens is 246 g/mol. The van der Waals surface area contributed by atoms with Gasteiger partial charge in [-0.05, 0) is 39.2 Å². The van der Waals surface area contributed by atoms with Gasteiger partial charge in [-0.2, -0.15) is 0 Å².